The van der Waals surface area contributed by atoms with Gasteiger partial charge >= 0.3 is 0 Å². The minimum Gasteiger partial charge on any atom is -0.390 e. The largest absolute Gasteiger partial charge is 0.390 e. The van der Waals surface area contributed by atoms with Gasteiger partial charge in [0.2, 0.25) is 0 Å². The van der Waals surface area contributed by atoms with Gasteiger partial charge in [-0.2, -0.15) is 0 Å². The predicted molar refractivity (Wildman–Crippen MR) is 55.7 cm³/mol. The molecule has 7 atom stereocenters. The van der Waals surface area contributed by atoms with Gasteiger partial charge in [0, 0.05) is 11.8 Å². The Balaban J connectivity index is 1.72. The number of fused-ring (bicyclic) bond motifs is 2. The van der Waals surface area contributed by atoms with Gasteiger partial charge in [-0.3, -0.25) is 0 Å². The first-order chi connectivity index (χ1) is 8.07. The Morgan fingerprint density at radius 3 is 2.18 bits per heavy atom. The predicted octanol–water partition coefficient (Wildman–Crippen LogP) is 0.382. The summed E-state index contributed by atoms with van der Waals surface area (Å²) in [5.41, 5.74) is 0. The maximum atomic E-state index is 10.4. The van der Waals surface area contributed by atoms with Crippen LogP contribution in [0.15, 0.2) is 12.2 Å². The lowest BCUT2D eigenvalue weighted by Gasteiger charge is -2.42. The zero-order chi connectivity index (χ0) is 11.8. The van der Waals surface area contributed by atoms with E-state index in [0.29, 0.717) is 0 Å². The van der Waals surface area contributed by atoms with Gasteiger partial charge in [0.05, 0.1) is 12.2 Å². The fourth-order valence-corrected chi connectivity index (χ4v) is 3.66. The van der Waals surface area contributed by atoms with E-state index in [1.54, 1.807) is 0 Å². The molecule has 2 saturated heterocycles. The molecule has 1 N–H and O–H groups in total. The number of aliphatic hydroxyl groups is 1. The van der Waals surface area contributed by atoms with Gasteiger partial charge in [0.15, 0.2) is 5.79 Å². The summed E-state index contributed by atoms with van der Waals surface area (Å²) in [6.45, 7) is 3.75. The molecule has 0 aromatic rings. The zero-order valence-electron chi connectivity index (χ0n) is 9.78. The Morgan fingerprint density at radius 1 is 0.941 bits per heavy atom. The molecule has 5 nitrogen and oxygen atoms in total. The van der Waals surface area contributed by atoms with E-state index in [1.165, 1.54) is 0 Å². The van der Waals surface area contributed by atoms with Gasteiger partial charge in [-0.15, -0.1) is 0 Å². The molecule has 5 heteroatoms. The van der Waals surface area contributed by atoms with Crippen LogP contribution in [0.4, 0.5) is 0 Å². The van der Waals surface area contributed by atoms with Crippen molar-refractivity contribution in [3.63, 3.8) is 0 Å². The number of ether oxygens (including phenoxy) is 2. The molecule has 5 rings (SSSR count). The van der Waals surface area contributed by atoms with Crippen LogP contribution < -0.4 is 0 Å². The van der Waals surface area contributed by atoms with Crippen molar-refractivity contribution in [2.75, 3.05) is 0 Å². The minimum absolute atomic E-state index is 0.0184. The molecule has 0 aromatic heterocycles. The molecule has 2 bridgehead atoms. The summed E-state index contributed by atoms with van der Waals surface area (Å²) < 4.78 is 11.7. The maximum absolute atomic E-state index is 10.4. The van der Waals surface area contributed by atoms with Gasteiger partial charge < -0.3 is 14.6 Å². The van der Waals surface area contributed by atoms with Gasteiger partial charge in [-0.1, -0.05) is 12.2 Å². The van der Waals surface area contributed by atoms with Crippen LogP contribution in [-0.4, -0.2) is 41.4 Å². The van der Waals surface area contributed by atoms with E-state index >= 15 is 0 Å². The summed E-state index contributed by atoms with van der Waals surface area (Å²) in [6, 6.07) is 0. The molecule has 1 saturated carbocycles. The Bertz CT molecular complexity index is 379. The van der Waals surface area contributed by atoms with Crippen LogP contribution in [0.3, 0.4) is 0 Å². The first kappa shape index (κ1) is 10.5. The molecule has 5 aliphatic rings. The normalized spacial score (nSPS) is 58.2. The van der Waals surface area contributed by atoms with E-state index in [-0.39, 0.29) is 36.3 Å². The first-order valence-corrected chi connectivity index (χ1v) is 6.11. The lowest BCUT2D eigenvalue weighted by atomic mass is 9.79. The van der Waals surface area contributed by atoms with Crippen LogP contribution in [0, 0.1) is 11.8 Å². The lowest BCUT2D eigenvalue weighted by Crippen LogP contribution is -2.50. The summed E-state index contributed by atoms with van der Waals surface area (Å²) >= 11 is 0. The topological polar surface area (TPSA) is 57.2 Å². The number of hydrogen-bond acceptors (Lipinski definition) is 5. The molecule has 0 unspecified atom stereocenters. The summed E-state index contributed by atoms with van der Waals surface area (Å²) in [5.74, 6) is -0.479. The summed E-state index contributed by atoms with van der Waals surface area (Å²) in [4.78, 5) is 10.5. The first-order valence-electron chi connectivity index (χ1n) is 6.11. The van der Waals surface area contributed by atoms with Crippen molar-refractivity contribution >= 4 is 0 Å². The monoisotopic (exact) mass is 240 g/mol. The number of hydrogen-bond donors (Lipinski definition) is 1. The van der Waals surface area contributed by atoms with E-state index < -0.39 is 11.9 Å². The standard InChI is InChI=1S/C12H16O5/c1-12(2)14-10-8-6-4-3-5(16-17-6)7(8)9(13)11(10)15-12/h3-11,13H,1-2H3/t5-,6+,7+,8-,9+,10+,11-/m0/s1. The second-order valence-corrected chi connectivity index (χ2v) is 5.72. The summed E-state index contributed by atoms with van der Waals surface area (Å²) in [7, 11) is 0. The Labute approximate surface area is 99.2 Å². The summed E-state index contributed by atoms with van der Waals surface area (Å²) in [6.07, 6.45) is 2.73. The molecule has 0 radical (unpaired) electrons. The fraction of sp³-hybridized carbons (Fsp3) is 0.833. The van der Waals surface area contributed by atoms with Crippen molar-refractivity contribution in [1.29, 1.82) is 0 Å². The average molecular weight is 240 g/mol. The van der Waals surface area contributed by atoms with Crippen LogP contribution in [0.2, 0.25) is 0 Å². The van der Waals surface area contributed by atoms with Crippen LogP contribution in [0.5, 0.6) is 0 Å². The third-order valence-electron chi connectivity index (χ3n) is 4.25. The van der Waals surface area contributed by atoms with Gasteiger partial charge in [-0.25, -0.2) is 9.78 Å². The van der Waals surface area contributed by atoms with Gasteiger partial charge in [0.25, 0.3) is 0 Å². The minimum atomic E-state index is -0.622. The van der Waals surface area contributed by atoms with Gasteiger partial charge in [0.1, 0.15) is 18.3 Å². The molecule has 94 valence electrons. The van der Waals surface area contributed by atoms with Crippen LogP contribution in [0.25, 0.3) is 0 Å². The molecule has 0 spiro atoms. The van der Waals surface area contributed by atoms with E-state index in [0.717, 1.165) is 0 Å². The molecular weight excluding hydrogens is 224 g/mol. The van der Waals surface area contributed by atoms with Crippen molar-refractivity contribution in [3.05, 3.63) is 12.2 Å². The Morgan fingerprint density at radius 2 is 1.53 bits per heavy atom. The van der Waals surface area contributed by atoms with Crippen LogP contribution >= 0.6 is 0 Å². The second-order valence-electron chi connectivity index (χ2n) is 5.72. The number of aliphatic hydroxyl groups excluding tert-OH is 1. The second kappa shape index (κ2) is 3.10. The highest BCUT2D eigenvalue weighted by molar-refractivity contribution is 5.19. The molecule has 2 aliphatic carbocycles. The SMILES string of the molecule is CC1(C)O[C@H]2[C@H](O)[C@H]3[C@@H]([C@H]2O1)[C@H]1C=C[C@@H]3OO1. The van der Waals surface area contributed by atoms with Crippen LogP contribution in [-0.2, 0) is 19.2 Å². The zero-order valence-corrected chi connectivity index (χ0v) is 9.78. The van der Waals surface area contributed by atoms with Crippen LogP contribution in [0.1, 0.15) is 13.8 Å². The third kappa shape index (κ3) is 1.26. The Kier molecular flexibility index (Phi) is 1.91. The Hall–Kier alpha value is -0.460. The maximum Gasteiger partial charge on any atom is 0.163 e. The third-order valence-corrected chi connectivity index (χ3v) is 4.25. The van der Waals surface area contributed by atoms with Crippen molar-refractivity contribution < 1.29 is 24.4 Å². The molecular formula is C12H16O5. The average Bonchev–Trinajstić information content (AvgIpc) is 2.76. The van der Waals surface area contributed by atoms with Crippen molar-refractivity contribution in [3.8, 4) is 0 Å². The molecule has 17 heavy (non-hydrogen) atoms. The van der Waals surface area contributed by atoms with Gasteiger partial charge in [-0.05, 0) is 13.8 Å². The molecule has 3 aliphatic heterocycles. The van der Waals surface area contributed by atoms with Crippen molar-refractivity contribution in [1.82, 2.24) is 0 Å². The molecule has 0 amide bonds. The van der Waals surface area contributed by atoms with E-state index in [9.17, 15) is 5.11 Å². The molecule has 3 heterocycles. The van der Waals surface area contributed by atoms with E-state index in [2.05, 4.69) is 0 Å². The number of rotatable bonds is 0. The lowest BCUT2D eigenvalue weighted by molar-refractivity contribution is -0.395. The summed E-state index contributed by atoms with van der Waals surface area (Å²) in [5, 5.41) is 10.4. The quantitative estimate of drug-likeness (QED) is 0.490. The van der Waals surface area contributed by atoms with E-state index in [1.807, 2.05) is 26.0 Å². The smallest absolute Gasteiger partial charge is 0.163 e. The highest BCUT2D eigenvalue weighted by Gasteiger charge is 2.64. The fourth-order valence-electron chi connectivity index (χ4n) is 3.66. The van der Waals surface area contributed by atoms with Crippen molar-refractivity contribution in [2.24, 2.45) is 11.8 Å². The highest BCUT2D eigenvalue weighted by Crippen LogP contribution is 2.52. The van der Waals surface area contributed by atoms with Crippen molar-refractivity contribution in [2.45, 2.75) is 50.2 Å². The highest BCUT2D eigenvalue weighted by atomic mass is 17.2. The molecule has 3 fully saturated rings. The molecule has 0 aromatic carbocycles. The van der Waals surface area contributed by atoms with E-state index in [4.69, 9.17) is 19.2 Å².